The molecule has 0 saturated heterocycles. The van der Waals surface area contributed by atoms with Gasteiger partial charge in [-0.05, 0) is 93.0 Å². The van der Waals surface area contributed by atoms with Gasteiger partial charge in [0.15, 0.2) is 0 Å². The van der Waals surface area contributed by atoms with E-state index in [0.29, 0.717) is 0 Å². The molecule has 1 aliphatic rings. The molecule has 0 bridgehead atoms. The summed E-state index contributed by atoms with van der Waals surface area (Å²) < 4.78 is 2.40. The molecule has 0 aliphatic carbocycles. The number of rotatable bonds is 7. The van der Waals surface area contributed by atoms with Gasteiger partial charge < -0.3 is 9.88 Å². The average molecular weight is 704 g/mol. The number of nitrogens with zero attached hydrogens (tertiary/aromatic N) is 2. The first-order valence-corrected chi connectivity index (χ1v) is 18.8. The lowest BCUT2D eigenvalue weighted by Crippen LogP contribution is -2.24. The van der Waals surface area contributed by atoms with E-state index in [1.807, 2.05) is 6.07 Å². The summed E-state index contributed by atoms with van der Waals surface area (Å²) in [4.78, 5) is 5.22. The Morgan fingerprint density at radius 1 is 0.382 bits per heavy atom. The first kappa shape index (κ1) is 32.4. The van der Waals surface area contributed by atoms with Crippen LogP contribution in [0.1, 0.15) is 22.9 Å². The summed E-state index contributed by atoms with van der Waals surface area (Å²) in [5, 5.41) is 6.15. The van der Waals surface area contributed by atoms with E-state index >= 15 is 0 Å². The van der Waals surface area contributed by atoms with Crippen molar-refractivity contribution in [1.82, 2.24) is 9.88 Å². The zero-order valence-corrected chi connectivity index (χ0v) is 30.2. The number of hydrogen-bond acceptors (Lipinski definition) is 2. The molecule has 0 amide bonds. The molecule has 260 valence electrons. The largest absolute Gasteiger partial charge is 0.360 e. The Labute approximate surface area is 321 Å². The van der Waals surface area contributed by atoms with Gasteiger partial charge in [-0.2, -0.15) is 0 Å². The maximum absolute atomic E-state index is 5.22. The number of aliphatic imine (C=N–C) groups is 1. The summed E-state index contributed by atoms with van der Waals surface area (Å²) in [5.41, 5.74) is 16.1. The molecular formula is C52H37N3. The van der Waals surface area contributed by atoms with Crippen LogP contribution in [0.2, 0.25) is 0 Å². The van der Waals surface area contributed by atoms with Crippen molar-refractivity contribution >= 4 is 33.2 Å². The van der Waals surface area contributed by atoms with Gasteiger partial charge in [0.05, 0.1) is 16.7 Å². The van der Waals surface area contributed by atoms with E-state index < -0.39 is 0 Å². The molecule has 3 heteroatoms. The van der Waals surface area contributed by atoms with E-state index in [0.717, 1.165) is 44.9 Å². The minimum absolute atomic E-state index is 0.182. The molecule has 1 aliphatic heterocycles. The van der Waals surface area contributed by atoms with E-state index in [1.54, 1.807) is 0 Å². The Hall–Kier alpha value is -7.23. The van der Waals surface area contributed by atoms with Gasteiger partial charge in [0.1, 0.15) is 6.17 Å². The topological polar surface area (TPSA) is 29.3 Å². The van der Waals surface area contributed by atoms with Crippen LogP contribution in [0.15, 0.2) is 217 Å². The second-order valence-electron chi connectivity index (χ2n) is 14.1. The molecule has 10 rings (SSSR count). The molecule has 9 aromatic rings. The summed E-state index contributed by atoms with van der Waals surface area (Å²) in [6.07, 6.45) is 1.99. The van der Waals surface area contributed by atoms with Crippen LogP contribution in [0, 0.1) is 0 Å². The van der Waals surface area contributed by atoms with Gasteiger partial charge in [0.2, 0.25) is 0 Å². The first-order valence-electron chi connectivity index (χ1n) is 18.8. The molecule has 0 saturated carbocycles. The Kier molecular flexibility index (Phi) is 8.23. The maximum atomic E-state index is 5.22. The Balaban J connectivity index is 1.04. The minimum Gasteiger partial charge on any atom is -0.360 e. The zero-order chi connectivity index (χ0) is 36.6. The van der Waals surface area contributed by atoms with E-state index in [9.17, 15) is 0 Å². The Morgan fingerprint density at radius 2 is 0.836 bits per heavy atom. The van der Waals surface area contributed by atoms with E-state index in [-0.39, 0.29) is 6.17 Å². The molecule has 1 atom stereocenters. The summed E-state index contributed by atoms with van der Waals surface area (Å²) >= 11 is 0. The Morgan fingerprint density at radius 3 is 1.42 bits per heavy atom. The van der Waals surface area contributed by atoms with Crippen LogP contribution < -0.4 is 5.32 Å². The zero-order valence-electron chi connectivity index (χ0n) is 30.2. The molecule has 0 fully saturated rings. The summed E-state index contributed by atoms with van der Waals surface area (Å²) in [7, 11) is 0. The molecule has 1 aromatic heterocycles. The van der Waals surface area contributed by atoms with Crippen LogP contribution in [0.5, 0.6) is 0 Å². The minimum atomic E-state index is -0.182. The van der Waals surface area contributed by atoms with Crippen molar-refractivity contribution in [3.8, 4) is 39.1 Å². The molecule has 3 nitrogen and oxygen atoms in total. The van der Waals surface area contributed by atoms with Crippen LogP contribution in [-0.2, 0) is 0 Å². The van der Waals surface area contributed by atoms with E-state index in [2.05, 4.69) is 216 Å². The fraction of sp³-hybridized carbons (Fsp3) is 0.0192. The van der Waals surface area contributed by atoms with Crippen molar-refractivity contribution in [3.05, 3.63) is 229 Å². The molecule has 55 heavy (non-hydrogen) atoms. The van der Waals surface area contributed by atoms with Crippen molar-refractivity contribution in [2.75, 3.05) is 0 Å². The molecule has 1 N–H and O–H groups in total. The molecule has 0 radical (unpaired) electrons. The van der Waals surface area contributed by atoms with E-state index in [4.69, 9.17) is 4.99 Å². The van der Waals surface area contributed by atoms with Gasteiger partial charge in [0, 0.05) is 27.7 Å². The van der Waals surface area contributed by atoms with Crippen molar-refractivity contribution in [3.63, 3.8) is 0 Å². The number of benzene rings is 8. The lowest BCUT2D eigenvalue weighted by atomic mass is 9.98. The van der Waals surface area contributed by atoms with Crippen molar-refractivity contribution in [1.29, 1.82) is 0 Å². The Bertz CT molecular complexity index is 2760. The van der Waals surface area contributed by atoms with Crippen LogP contribution in [-0.4, -0.2) is 10.3 Å². The van der Waals surface area contributed by atoms with Crippen LogP contribution in [0.4, 0.5) is 0 Å². The van der Waals surface area contributed by atoms with Gasteiger partial charge >= 0.3 is 0 Å². The fourth-order valence-electron chi connectivity index (χ4n) is 7.85. The van der Waals surface area contributed by atoms with Crippen molar-refractivity contribution < 1.29 is 0 Å². The predicted molar refractivity (Wildman–Crippen MR) is 230 cm³/mol. The highest BCUT2D eigenvalue weighted by Crippen LogP contribution is 2.38. The normalized spacial score (nSPS) is 14.0. The van der Waals surface area contributed by atoms with Gasteiger partial charge in [-0.25, -0.2) is 0 Å². The maximum Gasteiger partial charge on any atom is 0.145 e. The van der Waals surface area contributed by atoms with Gasteiger partial charge in [0.25, 0.3) is 0 Å². The lowest BCUT2D eigenvalue weighted by molar-refractivity contribution is 0.664. The third kappa shape index (κ3) is 6.22. The quantitative estimate of drug-likeness (QED) is 0.176. The second kappa shape index (κ2) is 14.0. The number of fused-ring (bicyclic) bond motifs is 3. The predicted octanol–water partition coefficient (Wildman–Crippen LogP) is 12.9. The monoisotopic (exact) mass is 703 g/mol. The highest BCUT2D eigenvalue weighted by molar-refractivity contribution is 6.14. The van der Waals surface area contributed by atoms with Crippen molar-refractivity contribution in [2.24, 2.45) is 4.99 Å². The highest BCUT2D eigenvalue weighted by atomic mass is 15.1. The number of aromatic nitrogens is 1. The van der Waals surface area contributed by atoms with Crippen LogP contribution in [0.3, 0.4) is 0 Å². The summed E-state index contributed by atoms with van der Waals surface area (Å²) in [6, 6.07) is 73.7. The average Bonchev–Trinajstić information content (AvgIpc) is 3.60. The third-order valence-corrected chi connectivity index (χ3v) is 10.6. The van der Waals surface area contributed by atoms with Gasteiger partial charge in [-0.1, -0.05) is 164 Å². The molecule has 1 unspecified atom stereocenters. The standard InChI is InChI=1S/C52H37N3/c1-5-14-36(15-6-1)42-26-30-50-46(33-42)47-34-43(37-16-7-2-8-17-37)27-31-51(47)55(50)45-28-24-38(25-29-45)41-22-13-23-44(32-41)49-35-48(39-18-9-3-10-19-39)53-52(54-49)40-20-11-4-12-21-40/h1-35,52-53H. The second-order valence-corrected chi connectivity index (χ2v) is 14.1. The summed E-state index contributed by atoms with van der Waals surface area (Å²) in [6.45, 7) is 0. The molecule has 8 aromatic carbocycles. The highest BCUT2D eigenvalue weighted by Gasteiger charge is 2.20. The molecular weight excluding hydrogens is 667 g/mol. The first-order chi connectivity index (χ1) is 27.2. The third-order valence-electron chi connectivity index (χ3n) is 10.6. The fourth-order valence-corrected chi connectivity index (χ4v) is 7.85. The smallest absolute Gasteiger partial charge is 0.145 e. The number of hydrogen-bond donors (Lipinski definition) is 1. The number of nitrogens with one attached hydrogen (secondary N) is 1. The van der Waals surface area contributed by atoms with E-state index in [1.165, 1.54) is 44.1 Å². The number of allylic oxidation sites excluding steroid dienone is 1. The van der Waals surface area contributed by atoms with Gasteiger partial charge in [-0.15, -0.1) is 0 Å². The summed E-state index contributed by atoms with van der Waals surface area (Å²) in [5.74, 6) is 0. The van der Waals surface area contributed by atoms with Crippen LogP contribution in [0.25, 0.3) is 66.6 Å². The molecule has 2 heterocycles. The van der Waals surface area contributed by atoms with Gasteiger partial charge in [-0.3, -0.25) is 4.99 Å². The SMILES string of the molecule is C1=C(c2ccccc2)NC(c2ccccc2)N=C1c1cccc(-c2ccc(-n3c4ccc(-c5ccccc5)cc4c4cc(-c5ccccc5)ccc43)cc2)c1. The lowest BCUT2D eigenvalue weighted by Gasteiger charge is -2.25. The molecule has 0 spiro atoms. The van der Waals surface area contributed by atoms with Crippen LogP contribution >= 0.6 is 0 Å². The van der Waals surface area contributed by atoms with Crippen molar-refractivity contribution in [2.45, 2.75) is 6.17 Å².